The van der Waals surface area contributed by atoms with Gasteiger partial charge in [-0.05, 0) is 12.1 Å². The molecule has 0 aromatic heterocycles. The molecule has 0 N–H and O–H groups in total. The van der Waals surface area contributed by atoms with Crippen LogP contribution >= 0.6 is 11.6 Å². The molecule has 0 amide bonds. The van der Waals surface area contributed by atoms with E-state index in [0.29, 0.717) is 12.1 Å². The molecule has 16 heavy (non-hydrogen) atoms. The van der Waals surface area contributed by atoms with Crippen LogP contribution in [0.15, 0.2) is 18.2 Å². The van der Waals surface area contributed by atoms with Crippen LogP contribution in [0.4, 0.5) is 22.0 Å². The summed E-state index contributed by atoms with van der Waals surface area (Å²) in [6.07, 6.45) is -11.2. The first-order valence-corrected chi connectivity index (χ1v) is 4.11. The van der Waals surface area contributed by atoms with Gasteiger partial charge in [-0.3, -0.25) is 5.11 Å². The van der Waals surface area contributed by atoms with Crippen LogP contribution in [-0.2, 0) is 5.11 Å². The number of hydrogen-bond donors (Lipinski definition) is 0. The van der Waals surface area contributed by atoms with Crippen molar-refractivity contribution >= 4 is 11.6 Å². The highest BCUT2D eigenvalue weighted by Gasteiger charge is 2.61. The van der Waals surface area contributed by atoms with Crippen molar-refractivity contribution in [3.8, 4) is 11.5 Å². The summed E-state index contributed by atoms with van der Waals surface area (Å²) in [6.45, 7) is 0. The normalized spacial score (nSPS) is 12.6. The summed E-state index contributed by atoms with van der Waals surface area (Å²) in [5.41, 5.74) is 0. The second-order valence-electron chi connectivity index (χ2n) is 2.71. The Kier molecular flexibility index (Phi) is 3.18. The maximum atomic E-state index is 12.4. The van der Waals surface area contributed by atoms with Crippen molar-refractivity contribution in [3.63, 3.8) is 0 Å². The summed E-state index contributed by atoms with van der Waals surface area (Å²) in [6, 6.07) is 2.07. The molecule has 8 heteroatoms. The van der Waals surface area contributed by atoms with Crippen LogP contribution in [-0.4, -0.2) is 12.3 Å². The molecule has 89 valence electrons. The van der Waals surface area contributed by atoms with E-state index in [0.717, 1.165) is 6.07 Å². The van der Waals surface area contributed by atoms with E-state index in [2.05, 4.69) is 4.74 Å². The standard InChI is InChI=1S/C8H3ClF5O2/c9-5-3-4(15)1-2-6(5)16-8(13,14)7(10,11)12/h1-3H. The Balaban J connectivity index is 2.97. The average molecular weight is 262 g/mol. The quantitative estimate of drug-likeness (QED) is 0.739. The number of rotatable bonds is 2. The van der Waals surface area contributed by atoms with Crippen LogP contribution in [0.25, 0.3) is 0 Å². The lowest BCUT2D eigenvalue weighted by atomic mass is 10.3. The summed E-state index contributed by atoms with van der Waals surface area (Å²) in [7, 11) is 0. The van der Waals surface area contributed by atoms with Crippen LogP contribution < -0.4 is 4.74 Å². The zero-order chi connectivity index (χ0) is 12.6. The molecular formula is C8H3ClF5O2. The van der Waals surface area contributed by atoms with Gasteiger partial charge in [0.2, 0.25) is 0 Å². The molecule has 0 fully saturated rings. The topological polar surface area (TPSA) is 29.1 Å². The van der Waals surface area contributed by atoms with Crippen LogP contribution in [0.3, 0.4) is 0 Å². The maximum absolute atomic E-state index is 12.4. The maximum Gasteiger partial charge on any atom is 0.499 e. The van der Waals surface area contributed by atoms with Gasteiger partial charge in [0.1, 0.15) is 5.75 Å². The predicted octanol–water partition coefficient (Wildman–Crippen LogP) is 4.02. The van der Waals surface area contributed by atoms with Crippen molar-refractivity contribution in [1.29, 1.82) is 0 Å². The molecule has 1 aromatic rings. The highest BCUT2D eigenvalue weighted by atomic mass is 35.5. The molecule has 2 nitrogen and oxygen atoms in total. The predicted molar refractivity (Wildman–Crippen MR) is 43.2 cm³/mol. The SMILES string of the molecule is [O]c1ccc(OC(F)(F)C(F)(F)F)c(Cl)c1. The average Bonchev–Trinajstić information content (AvgIpc) is 2.08. The van der Waals surface area contributed by atoms with Crippen LogP contribution in [0, 0.1) is 0 Å². The van der Waals surface area contributed by atoms with E-state index in [-0.39, 0.29) is 0 Å². The number of hydrogen-bond acceptors (Lipinski definition) is 1. The molecule has 1 rings (SSSR count). The van der Waals surface area contributed by atoms with Gasteiger partial charge in [0.25, 0.3) is 0 Å². The molecular weight excluding hydrogens is 259 g/mol. The van der Waals surface area contributed by atoms with Crippen molar-refractivity contribution in [3.05, 3.63) is 23.2 Å². The molecule has 0 spiro atoms. The number of halogens is 6. The fraction of sp³-hybridized carbons (Fsp3) is 0.250. The minimum Gasteiger partial charge on any atom is -0.424 e. The zero-order valence-corrected chi connectivity index (χ0v) is 8.07. The fourth-order valence-corrected chi connectivity index (χ4v) is 0.969. The summed E-state index contributed by atoms with van der Waals surface area (Å²) >= 11 is 5.26. The Morgan fingerprint density at radius 3 is 2.12 bits per heavy atom. The van der Waals surface area contributed by atoms with E-state index < -0.39 is 28.8 Å². The van der Waals surface area contributed by atoms with Crippen molar-refractivity contribution in [2.24, 2.45) is 0 Å². The second kappa shape index (κ2) is 3.97. The highest BCUT2D eigenvalue weighted by Crippen LogP contribution is 2.40. The van der Waals surface area contributed by atoms with Crippen molar-refractivity contribution in [2.45, 2.75) is 12.3 Å². The number of alkyl halides is 5. The second-order valence-corrected chi connectivity index (χ2v) is 3.12. The Morgan fingerprint density at radius 1 is 1.12 bits per heavy atom. The first kappa shape index (κ1) is 12.8. The van der Waals surface area contributed by atoms with Gasteiger partial charge in [-0.2, -0.15) is 22.0 Å². The first-order chi connectivity index (χ1) is 7.13. The molecule has 0 aliphatic heterocycles. The van der Waals surface area contributed by atoms with E-state index in [9.17, 15) is 27.1 Å². The Bertz CT molecular complexity index is 391. The molecule has 0 saturated heterocycles. The van der Waals surface area contributed by atoms with Crippen LogP contribution in [0.1, 0.15) is 0 Å². The number of benzene rings is 1. The molecule has 0 bridgehead atoms. The van der Waals surface area contributed by atoms with Crippen LogP contribution in [0.2, 0.25) is 5.02 Å². The van der Waals surface area contributed by atoms with E-state index in [1.54, 1.807) is 0 Å². The zero-order valence-electron chi connectivity index (χ0n) is 7.32. The van der Waals surface area contributed by atoms with Gasteiger partial charge in [-0.15, -0.1) is 0 Å². The highest BCUT2D eigenvalue weighted by molar-refractivity contribution is 6.32. The van der Waals surface area contributed by atoms with Gasteiger partial charge in [0, 0.05) is 6.07 Å². The molecule has 0 atom stereocenters. The summed E-state index contributed by atoms with van der Waals surface area (Å²) in [5, 5.41) is 10.0. The van der Waals surface area contributed by atoms with Gasteiger partial charge in [-0.1, -0.05) is 11.6 Å². The third-order valence-corrected chi connectivity index (χ3v) is 1.77. The molecule has 0 aliphatic carbocycles. The van der Waals surface area contributed by atoms with Gasteiger partial charge in [-0.25, -0.2) is 0 Å². The smallest absolute Gasteiger partial charge is 0.424 e. The summed E-state index contributed by atoms with van der Waals surface area (Å²) < 4.78 is 63.5. The van der Waals surface area contributed by atoms with E-state index in [1.807, 2.05) is 0 Å². The van der Waals surface area contributed by atoms with E-state index in [1.165, 1.54) is 0 Å². The fourth-order valence-electron chi connectivity index (χ4n) is 0.760. The Labute approximate surface area is 91.2 Å². The lowest BCUT2D eigenvalue weighted by molar-refractivity contribution is -0.360. The summed E-state index contributed by atoms with van der Waals surface area (Å²) in [5.74, 6) is -1.55. The number of ether oxygens (including phenoxy) is 1. The first-order valence-electron chi connectivity index (χ1n) is 3.73. The minimum absolute atomic E-state index is 0.614. The van der Waals surface area contributed by atoms with Gasteiger partial charge >= 0.3 is 12.3 Å². The van der Waals surface area contributed by atoms with Gasteiger partial charge in [0.05, 0.1) is 5.02 Å². The van der Waals surface area contributed by atoms with Gasteiger partial charge in [0.15, 0.2) is 5.75 Å². The van der Waals surface area contributed by atoms with Crippen molar-refractivity contribution in [1.82, 2.24) is 0 Å². The van der Waals surface area contributed by atoms with E-state index in [4.69, 9.17) is 11.6 Å². The molecule has 0 saturated carbocycles. The summed E-state index contributed by atoms with van der Waals surface area (Å²) in [4.78, 5) is 0. The minimum atomic E-state index is -5.85. The van der Waals surface area contributed by atoms with Crippen LogP contribution in [0.5, 0.6) is 11.5 Å². The van der Waals surface area contributed by atoms with Crippen molar-refractivity contribution in [2.75, 3.05) is 0 Å². The van der Waals surface area contributed by atoms with E-state index >= 15 is 0 Å². The molecule has 0 heterocycles. The molecule has 0 aliphatic rings. The molecule has 0 unspecified atom stereocenters. The Morgan fingerprint density at radius 2 is 1.69 bits per heavy atom. The third kappa shape index (κ3) is 2.66. The Hall–Kier alpha value is -1.24. The van der Waals surface area contributed by atoms with Gasteiger partial charge < -0.3 is 4.74 Å². The van der Waals surface area contributed by atoms with Crippen molar-refractivity contribution < 1.29 is 31.8 Å². The lowest BCUT2D eigenvalue weighted by Crippen LogP contribution is -2.41. The third-order valence-electron chi connectivity index (χ3n) is 1.47. The largest absolute Gasteiger partial charge is 0.499 e. The lowest BCUT2D eigenvalue weighted by Gasteiger charge is -2.20. The molecule has 1 aromatic carbocycles. The molecule has 1 radical (unpaired) electrons. The monoisotopic (exact) mass is 261 g/mol.